The third-order valence-corrected chi connectivity index (χ3v) is 3.89. The molecule has 106 valence electrons. The molecule has 0 aliphatic rings. The Labute approximate surface area is 129 Å². The number of alkyl halides is 1. The van der Waals surface area contributed by atoms with Crippen molar-refractivity contribution in [1.29, 1.82) is 0 Å². The average Bonchev–Trinajstić information content (AvgIpc) is 2.41. The minimum Gasteiger partial charge on any atom is -0.493 e. The zero-order valence-corrected chi connectivity index (χ0v) is 13.0. The monoisotopic (exact) mass is 360 g/mol. The molecule has 0 heterocycles. The second kappa shape index (κ2) is 6.55. The lowest BCUT2D eigenvalue weighted by molar-refractivity contribution is 0.338. The van der Waals surface area contributed by atoms with Gasteiger partial charge in [0.2, 0.25) is 0 Å². The molecule has 0 saturated carbocycles. The van der Waals surface area contributed by atoms with E-state index in [2.05, 4.69) is 15.9 Å². The highest BCUT2D eigenvalue weighted by Gasteiger charge is 2.20. The molecule has 1 atom stereocenters. The molecule has 0 fully saturated rings. The predicted molar refractivity (Wildman–Crippen MR) is 79.4 cm³/mol. The molecular formula is C15H12BrClF2O. The van der Waals surface area contributed by atoms with Gasteiger partial charge in [0.1, 0.15) is 17.4 Å². The van der Waals surface area contributed by atoms with E-state index in [0.717, 1.165) is 0 Å². The van der Waals surface area contributed by atoms with Crippen LogP contribution in [-0.4, -0.2) is 6.61 Å². The summed E-state index contributed by atoms with van der Waals surface area (Å²) in [5.74, 6) is -0.654. The Morgan fingerprint density at radius 1 is 1.20 bits per heavy atom. The van der Waals surface area contributed by atoms with E-state index in [9.17, 15) is 8.78 Å². The van der Waals surface area contributed by atoms with Crippen LogP contribution in [0, 0.1) is 11.6 Å². The van der Waals surface area contributed by atoms with Crippen LogP contribution in [0.15, 0.2) is 40.9 Å². The number of ether oxygens (including phenoxy) is 1. The Hall–Kier alpha value is -1.13. The molecule has 2 aromatic carbocycles. The fourth-order valence-electron chi connectivity index (χ4n) is 1.87. The predicted octanol–water partition coefficient (Wildman–Crippen LogP) is 5.45. The Balaban J connectivity index is 2.39. The van der Waals surface area contributed by atoms with E-state index in [1.54, 1.807) is 18.2 Å². The van der Waals surface area contributed by atoms with Gasteiger partial charge < -0.3 is 4.74 Å². The maximum atomic E-state index is 13.7. The molecule has 0 amide bonds. The molecule has 5 heteroatoms. The summed E-state index contributed by atoms with van der Waals surface area (Å²) in [7, 11) is 0. The first-order chi connectivity index (χ1) is 9.54. The van der Waals surface area contributed by atoms with Crippen LogP contribution in [0.3, 0.4) is 0 Å². The van der Waals surface area contributed by atoms with E-state index in [4.69, 9.17) is 16.3 Å². The van der Waals surface area contributed by atoms with Gasteiger partial charge in [-0.15, -0.1) is 11.6 Å². The van der Waals surface area contributed by atoms with Gasteiger partial charge in [-0.05, 0) is 52.7 Å². The molecule has 1 unspecified atom stereocenters. The van der Waals surface area contributed by atoms with Crippen LogP contribution in [0.2, 0.25) is 0 Å². The number of halogens is 4. The highest BCUT2D eigenvalue weighted by Crippen LogP contribution is 2.36. The molecule has 0 aliphatic heterocycles. The quantitative estimate of drug-likeness (QED) is 0.658. The van der Waals surface area contributed by atoms with Gasteiger partial charge in [0, 0.05) is 5.56 Å². The number of benzene rings is 2. The molecule has 0 aromatic heterocycles. The Kier molecular flexibility index (Phi) is 5.00. The van der Waals surface area contributed by atoms with E-state index < -0.39 is 17.0 Å². The van der Waals surface area contributed by atoms with Crippen LogP contribution in [0.1, 0.15) is 23.4 Å². The van der Waals surface area contributed by atoms with Crippen LogP contribution < -0.4 is 4.74 Å². The molecule has 2 rings (SSSR count). The fourth-order valence-corrected chi connectivity index (χ4v) is 2.72. The van der Waals surface area contributed by atoms with Gasteiger partial charge >= 0.3 is 0 Å². The van der Waals surface area contributed by atoms with Gasteiger partial charge in [-0.2, -0.15) is 0 Å². The standard InChI is InChI=1S/C15H12BrClF2O/c1-2-20-13-7-6-9(8-10(13)16)15(17)14-11(18)4-3-5-12(14)19/h3-8,15H,2H2,1H3. The third kappa shape index (κ3) is 3.13. The smallest absolute Gasteiger partial charge is 0.133 e. The van der Waals surface area contributed by atoms with Crippen molar-refractivity contribution in [1.82, 2.24) is 0 Å². The summed E-state index contributed by atoms with van der Waals surface area (Å²) >= 11 is 9.56. The van der Waals surface area contributed by atoms with Crippen molar-refractivity contribution in [3.05, 3.63) is 63.6 Å². The zero-order chi connectivity index (χ0) is 14.7. The molecular weight excluding hydrogens is 350 g/mol. The minimum atomic E-state index is -0.900. The second-order valence-corrected chi connectivity index (χ2v) is 5.41. The van der Waals surface area contributed by atoms with E-state index in [-0.39, 0.29) is 5.56 Å². The molecule has 0 saturated heterocycles. The van der Waals surface area contributed by atoms with Crippen molar-refractivity contribution in [2.45, 2.75) is 12.3 Å². The molecule has 20 heavy (non-hydrogen) atoms. The number of hydrogen-bond acceptors (Lipinski definition) is 1. The summed E-state index contributed by atoms with van der Waals surface area (Å²) in [6.45, 7) is 2.41. The van der Waals surface area contributed by atoms with Gasteiger partial charge in [-0.1, -0.05) is 12.1 Å². The first-order valence-electron chi connectivity index (χ1n) is 6.04. The normalized spacial score (nSPS) is 12.2. The lowest BCUT2D eigenvalue weighted by Gasteiger charge is -2.14. The van der Waals surface area contributed by atoms with E-state index in [0.29, 0.717) is 22.4 Å². The second-order valence-electron chi connectivity index (χ2n) is 4.12. The first kappa shape index (κ1) is 15.3. The van der Waals surface area contributed by atoms with Crippen molar-refractivity contribution in [2.24, 2.45) is 0 Å². The maximum Gasteiger partial charge on any atom is 0.133 e. The van der Waals surface area contributed by atoms with Gasteiger partial charge in [0.05, 0.1) is 16.5 Å². The van der Waals surface area contributed by atoms with Gasteiger partial charge in [0.15, 0.2) is 0 Å². The van der Waals surface area contributed by atoms with Crippen molar-refractivity contribution in [3.63, 3.8) is 0 Å². The Morgan fingerprint density at radius 3 is 2.40 bits per heavy atom. The van der Waals surface area contributed by atoms with E-state index >= 15 is 0 Å². The van der Waals surface area contributed by atoms with Gasteiger partial charge in [0.25, 0.3) is 0 Å². The van der Waals surface area contributed by atoms with Crippen molar-refractivity contribution in [3.8, 4) is 5.75 Å². The van der Waals surface area contributed by atoms with Crippen LogP contribution in [0.4, 0.5) is 8.78 Å². The highest BCUT2D eigenvalue weighted by atomic mass is 79.9. The largest absolute Gasteiger partial charge is 0.493 e. The minimum absolute atomic E-state index is 0.148. The zero-order valence-electron chi connectivity index (χ0n) is 10.7. The van der Waals surface area contributed by atoms with Crippen LogP contribution in [-0.2, 0) is 0 Å². The van der Waals surface area contributed by atoms with Crippen LogP contribution in [0.5, 0.6) is 5.75 Å². The van der Waals surface area contributed by atoms with E-state index in [1.165, 1.54) is 18.2 Å². The lowest BCUT2D eigenvalue weighted by Crippen LogP contribution is -2.01. The average molecular weight is 362 g/mol. The summed E-state index contributed by atoms with van der Waals surface area (Å²) in [6, 6.07) is 8.81. The molecule has 1 nitrogen and oxygen atoms in total. The Morgan fingerprint density at radius 2 is 1.85 bits per heavy atom. The summed E-state index contributed by atoms with van der Waals surface area (Å²) in [5, 5.41) is -0.900. The molecule has 0 spiro atoms. The Bertz CT molecular complexity index is 599. The maximum absolute atomic E-state index is 13.7. The van der Waals surface area contributed by atoms with Crippen molar-refractivity contribution < 1.29 is 13.5 Å². The first-order valence-corrected chi connectivity index (χ1v) is 7.27. The molecule has 0 bridgehead atoms. The van der Waals surface area contributed by atoms with Crippen LogP contribution in [0.25, 0.3) is 0 Å². The van der Waals surface area contributed by atoms with Crippen molar-refractivity contribution in [2.75, 3.05) is 6.61 Å². The molecule has 0 N–H and O–H groups in total. The topological polar surface area (TPSA) is 9.23 Å². The van der Waals surface area contributed by atoms with Crippen LogP contribution >= 0.6 is 27.5 Å². The highest BCUT2D eigenvalue weighted by molar-refractivity contribution is 9.10. The molecule has 0 aliphatic carbocycles. The third-order valence-electron chi connectivity index (χ3n) is 2.80. The van der Waals surface area contributed by atoms with E-state index in [1.807, 2.05) is 6.92 Å². The summed E-state index contributed by atoms with van der Waals surface area (Å²) in [4.78, 5) is 0. The number of rotatable bonds is 4. The molecule has 0 radical (unpaired) electrons. The summed E-state index contributed by atoms with van der Waals surface area (Å²) < 4.78 is 33.5. The van der Waals surface area contributed by atoms with Crippen molar-refractivity contribution >= 4 is 27.5 Å². The summed E-state index contributed by atoms with van der Waals surface area (Å²) in [6.07, 6.45) is 0. The van der Waals surface area contributed by atoms with Gasteiger partial charge in [-0.25, -0.2) is 8.78 Å². The SMILES string of the molecule is CCOc1ccc(C(Cl)c2c(F)cccc2F)cc1Br. The fraction of sp³-hybridized carbons (Fsp3) is 0.200. The summed E-state index contributed by atoms with van der Waals surface area (Å²) in [5.41, 5.74) is 0.441. The number of hydrogen-bond donors (Lipinski definition) is 0. The van der Waals surface area contributed by atoms with Gasteiger partial charge in [-0.3, -0.25) is 0 Å². The lowest BCUT2D eigenvalue weighted by atomic mass is 10.0. The molecule has 2 aromatic rings.